The van der Waals surface area contributed by atoms with Gasteiger partial charge in [0.05, 0.1) is 6.54 Å². The Morgan fingerprint density at radius 1 is 1.21 bits per heavy atom. The molecule has 0 spiro atoms. The Hall–Kier alpha value is 0.310. The molecule has 0 unspecified atom stereocenters. The monoisotopic (exact) mass is 398 g/mol. The van der Waals surface area contributed by atoms with Gasteiger partial charge < -0.3 is 11.1 Å². The number of nitrogens with zero attached hydrogens (tertiary/aromatic N) is 2. The number of nitrogens with one attached hydrogen (secondary N) is 1. The molecule has 2 rings (SSSR count). The van der Waals surface area contributed by atoms with E-state index in [2.05, 4.69) is 15.2 Å². The van der Waals surface area contributed by atoms with Crippen molar-refractivity contribution in [2.45, 2.75) is 38.1 Å². The second-order valence-electron chi connectivity index (χ2n) is 5.20. The summed E-state index contributed by atoms with van der Waals surface area (Å²) >= 11 is 2.05. The normalized spacial score (nSPS) is 22.8. The van der Waals surface area contributed by atoms with E-state index in [1.54, 1.807) is 0 Å². The number of aliphatic imine (C=N–C) groups is 1. The van der Waals surface area contributed by atoms with Crippen molar-refractivity contribution in [3.8, 4) is 0 Å². The summed E-state index contributed by atoms with van der Waals surface area (Å²) in [5, 5.41) is 3.36. The smallest absolute Gasteiger partial charge is 0.188 e. The Morgan fingerprint density at radius 3 is 2.58 bits per heavy atom. The summed E-state index contributed by atoms with van der Waals surface area (Å²) in [6.45, 7) is 4.29. The van der Waals surface area contributed by atoms with Crippen LogP contribution in [0, 0.1) is 0 Å². The quantitative estimate of drug-likeness (QED) is 0.432. The van der Waals surface area contributed by atoms with Crippen molar-refractivity contribution in [3.05, 3.63) is 0 Å². The minimum atomic E-state index is 0. The molecule has 1 saturated heterocycles. The van der Waals surface area contributed by atoms with E-state index in [4.69, 9.17) is 5.73 Å². The average Bonchev–Trinajstić information content (AvgIpc) is 2.41. The van der Waals surface area contributed by atoms with Crippen LogP contribution in [0.2, 0.25) is 0 Å². The van der Waals surface area contributed by atoms with Gasteiger partial charge in [0, 0.05) is 37.2 Å². The second kappa shape index (κ2) is 10.1. The largest absolute Gasteiger partial charge is 0.370 e. The molecule has 0 aromatic rings. The van der Waals surface area contributed by atoms with Crippen molar-refractivity contribution < 1.29 is 0 Å². The highest BCUT2D eigenvalue weighted by atomic mass is 127. The van der Waals surface area contributed by atoms with E-state index >= 15 is 0 Å². The van der Waals surface area contributed by atoms with Gasteiger partial charge in [0.2, 0.25) is 0 Å². The standard InChI is InChI=1S/C13H26N4S.HI/c14-13(16-12-4-2-1-3-5-12)15-6-7-17-8-10-18-11-9-17;/h12H,1-11H2,(H3,14,15,16);1H. The maximum atomic E-state index is 5.94. The van der Waals surface area contributed by atoms with Crippen LogP contribution in [0.25, 0.3) is 0 Å². The fourth-order valence-corrected chi connectivity index (χ4v) is 3.62. The van der Waals surface area contributed by atoms with E-state index in [0.29, 0.717) is 12.0 Å². The van der Waals surface area contributed by atoms with E-state index in [1.165, 1.54) is 56.7 Å². The zero-order valence-corrected chi connectivity index (χ0v) is 14.8. The number of nitrogens with two attached hydrogens (primary N) is 1. The van der Waals surface area contributed by atoms with Crippen molar-refractivity contribution in [2.24, 2.45) is 10.7 Å². The molecule has 1 aliphatic carbocycles. The zero-order valence-electron chi connectivity index (χ0n) is 11.6. The van der Waals surface area contributed by atoms with Crippen LogP contribution in [0.5, 0.6) is 0 Å². The van der Waals surface area contributed by atoms with Crippen molar-refractivity contribution in [3.63, 3.8) is 0 Å². The first-order chi connectivity index (χ1) is 8.84. The fourth-order valence-electron chi connectivity index (χ4n) is 2.64. The Morgan fingerprint density at radius 2 is 1.89 bits per heavy atom. The highest BCUT2D eigenvalue weighted by Gasteiger charge is 2.13. The van der Waals surface area contributed by atoms with Gasteiger partial charge in [0.25, 0.3) is 0 Å². The minimum absolute atomic E-state index is 0. The first-order valence-corrected chi connectivity index (χ1v) is 8.36. The SMILES string of the molecule is I.NC(=NCCN1CCSCC1)NC1CCCCC1. The van der Waals surface area contributed by atoms with E-state index in [1.807, 2.05) is 11.8 Å². The second-order valence-corrected chi connectivity index (χ2v) is 6.42. The van der Waals surface area contributed by atoms with Crippen LogP contribution in [-0.2, 0) is 0 Å². The third kappa shape index (κ3) is 7.04. The predicted octanol–water partition coefficient (Wildman–Crippen LogP) is 1.89. The minimum Gasteiger partial charge on any atom is -0.370 e. The molecule has 0 bridgehead atoms. The number of hydrogen-bond acceptors (Lipinski definition) is 3. The molecule has 0 radical (unpaired) electrons. The molecule has 0 amide bonds. The molecule has 3 N–H and O–H groups in total. The van der Waals surface area contributed by atoms with E-state index in [9.17, 15) is 0 Å². The molecule has 1 heterocycles. The average molecular weight is 398 g/mol. The Kier molecular flexibility index (Phi) is 9.23. The van der Waals surface area contributed by atoms with Crippen LogP contribution in [0.3, 0.4) is 0 Å². The van der Waals surface area contributed by atoms with Gasteiger partial charge in [-0.2, -0.15) is 11.8 Å². The van der Waals surface area contributed by atoms with Crippen LogP contribution < -0.4 is 11.1 Å². The first kappa shape index (κ1) is 17.4. The highest BCUT2D eigenvalue weighted by molar-refractivity contribution is 14.0. The molecule has 6 heteroatoms. The highest BCUT2D eigenvalue weighted by Crippen LogP contribution is 2.17. The summed E-state index contributed by atoms with van der Waals surface area (Å²) < 4.78 is 0. The number of guanidine groups is 1. The van der Waals surface area contributed by atoms with Crippen LogP contribution in [0.15, 0.2) is 4.99 Å². The fraction of sp³-hybridized carbons (Fsp3) is 0.923. The molecule has 0 atom stereocenters. The van der Waals surface area contributed by atoms with E-state index in [0.717, 1.165) is 13.1 Å². The molecule has 19 heavy (non-hydrogen) atoms. The van der Waals surface area contributed by atoms with Crippen LogP contribution in [0.4, 0.5) is 0 Å². The molecular formula is C13H27IN4S. The Balaban J connectivity index is 0.00000180. The van der Waals surface area contributed by atoms with Gasteiger partial charge in [-0.25, -0.2) is 0 Å². The van der Waals surface area contributed by atoms with Crippen molar-refractivity contribution in [1.82, 2.24) is 10.2 Å². The summed E-state index contributed by atoms with van der Waals surface area (Å²) in [5.41, 5.74) is 5.94. The maximum Gasteiger partial charge on any atom is 0.188 e. The number of rotatable bonds is 4. The molecule has 0 aromatic heterocycles. The number of hydrogen-bond donors (Lipinski definition) is 2. The van der Waals surface area contributed by atoms with Gasteiger partial charge in [-0.15, -0.1) is 24.0 Å². The van der Waals surface area contributed by atoms with Gasteiger partial charge in [0.15, 0.2) is 5.96 Å². The lowest BCUT2D eigenvalue weighted by Crippen LogP contribution is -2.41. The van der Waals surface area contributed by atoms with Gasteiger partial charge in [0.1, 0.15) is 0 Å². The lowest BCUT2D eigenvalue weighted by molar-refractivity contribution is 0.311. The summed E-state index contributed by atoms with van der Waals surface area (Å²) in [5.74, 6) is 3.17. The third-order valence-corrected chi connectivity index (χ3v) is 4.70. The lowest BCUT2D eigenvalue weighted by atomic mass is 9.96. The van der Waals surface area contributed by atoms with Crippen molar-refractivity contribution in [1.29, 1.82) is 0 Å². The molecule has 1 saturated carbocycles. The van der Waals surface area contributed by atoms with Crippen molar-refractivity contribution >= 4 is 41.7 Å². The molecular weight excluding hydrogens is 371 g/mol. The number of halogens is 1. The molecule has 2 fully saturated rings. The number of thioether (sulfide) groups is 1. The van der Waals surface area contributed by atoms with Gasteiger partial charge in [-0.05, 0) is 12.8 Å². The first-order valence-electron chi connectivity index (χ1n) is 7.21. The van der Waals surface area contributed by atoms with Crippen LogP contribution in [0.1, 0.15) is 32.1 Å². The summed E-state index contributed by atoms with van der Waals surface area (Å²) in [4.78, 5) is 6.93. The Bertz CT molecular complexity index is 263. The molecule has 112 valence electrons. The van der Waals surface area contributed by atoms with Crippen LogP contribution in [-0.4, -0.2) is 54.6 Å². The van der Waals surface area contributed by atoms with Gasteiger partial charge in [-0.1, -0.05) is 19.3 Å². The lowest BCUT2D eigenvalue weighted by Gasteiger charge is -2.25. The molecule has 1 aliphatic heterocycles. The van der Waals surface area contributed by atoms with Gasteiger partial charge >= 0.3 is 0 Å². The Labute approximate surface area is 138 Å². The summed E-state index contributed by atoms with van der Waals surface area (Å²) in [6, 6.07) is 0.564. The summed E-state index contributed by atoms with van der Waals surface area (Å²) in [6.07, 6.45) is 6.54. The molecule has 4 nitrogen and oxygen atoms in total. The topological polar surface area (TPSA) is 53.6 Å². The summed E-state index contributed by atoms with van der Waals surface area (Å²) in [7, 11) is 0. The molecule has 0 aromatic carbocycles. The van der Waals surface area contributed by atoms with Crippen LogP contribution >= 0.6 is 35.7 Å². The van der Waals surface area contributed by atoms with E-state index in [-0.39, 0.29) is 24.0 Å². The van der Waals surface area contributed by atoms with Crippen molar-refractivity contribution in [2.75, 3.05) is 37.7 Å². The van der Waals surface area contributed by atoms with Gasteiger partial charge in [-0.3, -0.25) is 9.89 Å². The molecule has 2 aliphatic rings. The maximum absolute atomic E-state index is 5.94. The zero-order chi connectivity index (χ0) is 12.6. The van der Waals surface area contributed by atoms with E-state index < -0.39 is 0 Å². The predicted molar refractivity (Wildman–Crippen MR) is 95.7 cm³/mol. The third-order valence-electron chi connectivity index (χ3n) is 3.76.